The van der Waals surface area contributed by atoms with Crippen molar-refractivity contribution in [2.75, 3.05) is 26.0 Å². The van der Waals surface area contributed by atoms with Gasteiger partial charge >= 0.3 is 0 Å². The van der Waals surface area contributed by atoms with Crippen LogP contribution in [0.1, 0.15) is 0 Å². The van der Waals surface area contributed by atoms with Crippen LogP contribution >= 0.6 is 22.9 Å². The molecule has 1 heterocycles. The molecule has 0 fully saturated rings. The van der Waals surface area contributed by atoms with Crippen molar-refractivity contribution in [1.29, 1.82) is 0 Å². The van der Waals surface area contributed by atoms with E-state index in [-0.39, 0.29) is 5.91 Å². The highest BCUT2D eigenvalue weighted by Crippen LogP contribution is 2.23. The Labute approximate surface area is 86.3 Å². The maximum Gasteiger partial charge on any atom is 0.238 e. The second-order valence-electron chi connectivity index (χ2n) is 2.93. The first-order valence-electron chi connectivity index (χ1n) is 3.76. The molecule has 1 amide bonds. The van der Waals surface area contributed by atoms with Crippen LogP contribution in [0.5, 0.6) is 0 Å². The average molecular weight is 219 g/mol. The first-order valence-corrected chi connectivity index (χ1v) is 5.02. The van der Waals surface area contributed by atoms with Crippen LogP contribution in [0.25, 0.3) is 0 Å². The van der Waals surface area contributed by atoms with Crippen molar-refractivity contribution in [3.8, 4) is 0 Å². The molecule has 0 aromatic carbocycles. The van der Waals surface area contributed by atoms with E-state index in [0.717, 1.165) is 5.69 Å². The van der Waals surface area contributed by atoms with Crippen LogP contribution in [-0.2, 0) is 4.79 Å². The zero-order chi connectivity index (χ0) is 9.84. The van der Waals surface area contributed by atoms with Gasteiger partial charge in [-0.3, -0.25) is 4.79 Å². The summed E-state index contributed by atoms with van der Waals surface area (Å²) in [6.07, 6.45) is 0. The highest BCUT2D eigenvalue weighted by Gasteiger charge is 2.04. The molecule has 0 bridgehead atoms. The molecule has 13 heavy (non-hydrogen) atoms. The van der Waals surface area contributed by atoms with Crippen LogP contribution in [0.2, 0.25) is 4.34 Å². The molecule has 0 aliphatic carbocycles. The Balaban J connectivity index is 2.45. The van der Waals surface area contributed by atoms with Crippen LogP contribution in [0.15, 0.2) is 11.4 Å². The van der Waals surface area contributed by atoms with Crippen molar-refractivity contribution >= 4 is 34.5 Å². The minimum atomic E-state index is -0.0283. The lowest BCUT2D eigenvalue weighted by atomic mass is 10.4. The molecule has 1 rings (SSSR count). The fraction of sp³-hybridized carbons (Fsp3) is 0.375. The van der Waals surface area contributed by atoms with Crippen molar-refractivity contribution in [3.05, 3.63) is 15.8 Å². The Hall–Kier alpha value is -0.580. The highest BCUT2D eigenvalue weighted by molar-refractivity contribution is 7.14. The predicted octanol–water partition coefficient (Wildman–Crippen LogP) is 1.90. The molecule has 1 aromatic rings. The Kier molecular flexibility index (Phi) is 3.71. The summed E-state index contributed by atoms with van der Waals surface area (Å²) in [5, 5.41) is 4.55. The Morgan fingerprint density at radius 1 is 1.69 bits per heavy atom. The first-order chi connectivity index (χ1) is 6.08. The van der Waals surface area contributed by atoms with Gasteiger partial charge in [-0.05, 0) is 20.2 Å². The van der Waals surface area contributed by atoms with Crippen LogP contribution in [0.4, 0.5) is 5.69 Å². The summed E-state index contributed by atoms with van der Waals surface area (Å²) in [5.41, 5.74) is 0.766. The number of hydrogen-bond donors (Lipinski definition) is 1. The number of amides is 1. The molecular formula is C8H11ClN2OS. The minimum Gasteiger partial charge on any atom is -0.324 e. The SMILES string of the molecule is CN(C)CC(=O)Nc1csc(Cl)c1. The molecule has 5 heteroatoms. The quantitative estimate of drug-likeness (QED) is 0.841. The summed E-state index contributed by atoms with van der Waals surface area (Å²) in [5.74, 6) is -0.0283. The molecule has 0 atom stereocenters. The van der Waals surface area contributed by atoms with E-state index in [9.17, 15) is 4.79 Å². The molecule has 0 radical (unpaired) electrons. The van der Waals surface area contributed by atoms with E-state index in [1.54, 1.807) is 6.07 Å². The van der Waals surface area contributed by atoms with Gasteiger partial charge in [0.1, 0.15) is 0 Å². The van der Waals surface area contributed by atoms with E-state index in [1.807, 2.05) is 24.4 Å². The summed E-state index contributed by atoms with van der Waals surface area (Å²) in [6.45, 7) is 0.382. The number of halogens is 1. The Bertz CT molecular complexity index is 298. The molecule has 0 saturated heterocycles. The van der Waals surface area contributed by atoms with Gasteiger partial charge in [0.05, 0.1) is 16.6 Å². The number of carbonyl (C=O) groups excluding carboxylic acids is 1. The molecular weight excluding hydrogens is 208 g/mol. The molecule has 1 N–H and O–H groups in total. The third-order valence-electron chi connectivity index (χ3n) is 1.31. The molecule has 0 spiro atoms. The number of nitrogens with one attached hydrogen (secondary N) is 1. The lowest BCUT2D eigenvalue weighted by molar-refractivity contribution is -0.116. The summed E-state index contributed by atoms with van der Waals surface area (Å²) in [6, 6.07) is 1.74. The maximum absolute atomic E-state index is 11.2. The number of likely N-dealkylation sites (N-methyl/N-ethyl adjacent to an activating group) is 1. The molecule has 3 nitrogen and oxygen atoms in total. The van der Waals surface area contributed by atoms with Crippen molar-refractivity contribution in [3.63, 3.8) is 0 Å². The monoisotopic (exact) mass is 218 g/mol. The zero-order valence-electron chi connectivity index (χ0n) is 7.50. The first kappa shape index (κ1) is 10.5. The van der Waals surface area contributed by atoms with Gasteiger partial charge in [0, 0.05) is 5.38 Å². The smallest absolute Gasteiger partial charge is 0.238 e. The minimum absolute atomic E-state index is 0.0283. The van der Waals surface area contributed by atoms with Crippen LogP contribution in [0, 0.1) is 0 Å². The average Bonchev–Trinajstić information content (AvgIpc) is 2.33. The maximum atomic E-state index is 11.2. The number of anilines is 1. The van der Waals surface area contributed by atoms with E-state index in [2.05, 4.69) is 5.32 Å². The lowest BCUT2D eigenvalue weighted by Crippen LogP contribution is -2.26. The molecule has 0 unspecified atom stereocenters. The van der Waals surface area contributed by atoms with Gasteiger partial charge in [0.2, 0.25) is 5.91 Å². The summed E-state index contributed by atoms with van der Waals surface area (Å²) in [4.78, 5) is 13.0. The van der Waals surface area contributed by atoms with Gasteiger partial charge in [-0.1, -0.05) is 11.6 Å². The third kappa shape index (κ3) is 3.76. The largest absolute Gasteiger partial charge is 0.324 e. The van der Waals surface area contributed by atoms with E-state index in [4.69, 9.17) is 11.6 Å². The number of rotatable bonds is 3. The van der Waals surface area contributed by atoms with Gasteiger partial charge < -0.3 is 10.2 Å². The van der Waals surface area contributed by atoms with Crippen LogP contribution < -0.4 is 5.32 Å². The summed E-state index contributed by atoms with van der Waals surface area (Å²) >= 11 is 7.11. The number of nitrogens with zero attached hydrogens (tertiary/aromatic N) is 1. The molecule has 0 saturated carbocycles. The van der Waals surface area contributed by atoms with Gasteiger partial charge in [-0.15, -0.1) is 11.3 Å². The lowest BCUT2D eigenvalue weighted by Gasteiger charge is -2.08. The molecule has 0 aliphatic rings. The fourth-order valence-electron chi connectivity index (χ4n) is 0.863. The third-order valence-corrected chi connectivity index (χ3v) is 2.40. The van der Waals surface area contributed by atoms with E-state index >= 15 is 0 Å². The van der Waals surface area contributed by atoms with Crippen LogP contribution in [-0.4, -0.2) is 31.4 Å². The van der Waals surface area contributed by atoms with Crippen molar-refractivity contribution < 1.29 is 4.79 Å². The predicted molar refractivity (Wildman–Crippen MR) is 56.5 cm³/mol. The van der Waals surface area contributed by atoms with Crippen molar-refractivity contribution in [1.82, 2.24) is 4.90 Å². The summed E-state index contributed by atoms with van der Waals surface area (Å²) < 4.78 is 0.681. The summed E-state index contributed by atoms with van der Waals surface area (Å²) in [7, 11) is 3.69. The van der Waals surface area contributed by atoms with Gasteiger partial charge in [0.15, 0.2) is 0 Å². The second kappa shape index (κ2) is 4.60. The van der Waals surface area contributed by atoms with Gasteiger partial charge in [0.25, 0.3) is 0 Å². The number of carbonyl (C=O) groups is 1. The Morgan fingerprint density at radius 2 is 2.38 bits per heavy atom. The Morgan fingerprint density at radius 3 is 2.85 bits per heavy atom. The normalized spacial score (nSPS) is 10.5. The van der Waals surface area contributed by atoms with Crippen molar-refractivity contribution in [2.24, 2.45) is 0 Å². The van der Waals surface area contributed by atoms with Crippen molar-refractivity contribution in [2.45, 2.75) is 0 Å². The molecule has 0 aliphatic heterocycles. The molecule has 72 valence electrons. The van der Waals surface area contributed by atoms with Gasteiger partial charge in [-0.25, -0.2) is 0 Å². The fourth-order valence-corrected chi connectivity index (χ4v) is 1.68. The van der Waals surface area contributed by atoms with E-state index in [1.165, 1.54) is 11.3 Å². The van der Waals surface area contributed by atoms with E-state index in [0.29, 0.717) is 10.9 Å². The van der Waals surface area contributed by atoms with E-state index < -0.39 is 0 Å². The van der Waals surface area contributed by atoms with Crippen LogP contribution in [0.3, 0.4) is 0 Å². The molecule has 1 aromatic heterocycles. The second-order valence-corrected chi connectivity index (χ2v) is 4.47. The zero-order valence-corrected chi connectivity index (χ0v) is 9.08. The topological polar surface area (TPSA) is 32.3 Å². The van der Waals surface area contributed by atoms with Gasteiger partial charge in [-0.2, -0.15) is 0 Å². The highest BCUT2D eigenvalue weighted by atomic mass is 35.5. The standard InChI is InChI=1S/C8H11ClN2OS/c1-11(2)4-8(12)10-6-3-7(9)13-5-6/h3,5H,4H2,1-2H3,(H,10,12). The number of thiophene rings is 1. The number of hydrogen-bond acceptors (Lipinski definition) is 3.